The van der Waals surface area contributed by atoms with Crippen LogP contribution in [0.15, 0.2) is 48.5 Å². The fourth-order valence-electron chi connectivity index (χ4n) is 3.40. The van der Waals surface area contributed by atoms with Gasteiger partial charge in [-0.25, -0.2) is 0 Å². The minimum atomic E-state index is 0.698. The summed E-state index contributed by atoms with van der Waals surface area (Å²) in [5.41, 5.74) is 5.98. The zero-order valence-corrected chi connectivity index (χ0v) is 11.7. The number of benzene rings is 2. The van der Waals surface area contributed by atoms with Gasteiger partial charge in [0.25, 0.3) is 0 Å². The molecule has 2 aliphatic rings. The molecule has 102 valence electrons. The zero-order valence-electron chi connectivity index (χ0n) is 11.7. The molecule has 2 heteroatoms. The lowest BCUT2D eigenvalue weighted by Gasteiger charge is -2.43. The molecule has 0 radical (unpaired) electrons. The standard InChI is InChI=1S/C18H20N2/c1-2-5-14(6-3-1)16-12-20(13-16)18-8-4-7-15-9-10-19-11-17(15)18/h1-8,16,19H,9-13H2. The van der Waals surface area contributed by atoms with E-state index in [9.17, 15) is 0 Å². The zero-order chi connectivity index (χ0) is 13.4. The molecule has 2 aromatic carbocycles. The summed E-state index contributed by atoms with van der Waals surface area (Å²) in [7, 11) is 0. The molecule has 2 aromatic rings. The van der Waals surface area contributed by atoms with Crippen molar-refractivity contribution in [2.45, 2.75) is 18.9 Å². The maximum absolute atomic E-state index is 3.50. The Morgan fingerprint density at radius 1 is 0.950 bits per heavy atom. The highest BCUT2D eigenvalue weighted by molar-refractivity contribution is 5.60. The minimum Gasteiger partial charge on any atom is -0.370 e. The molecule has 0 saturated carbocycles. The molecule has 1 N–H and O–H groups in total. The Morgan fingerprint density at radius 2 is 1.80 bits per heavy atom. The number of fused-ring (bicyclic) bond motifs is 1. The maximum atomic E-state index is 3.50. The molecule has 0 aromatic heterocycles. The Hall–Kier alpha value is -1.80. The van der Waals surface area contributed by atoms with Gasteiger partial charge in [-0.1, -0.05) is 42.5 Å². The van der Waals surface area contributed by atoms with Gasteiger partial charge in [0.1, 0.15) is 0 Å². The smallest absolute Gasteiger partial charge is 0.0415 e. The van der Waals surface area contributed by atoms with Crippen molar-refractivity contribution in [1.82, 2.24) is 5.32 Å². The molecule has 0 unspecified atom stereocenters. The second kappa shape index (κ2) is 4.95. The van der Waals surface area contributed by atoms with Gasteiger partial charge in [0, 0.05) is 31.2 Å². The third-order valence-electron chi connectivity index (χ3n) is 4.61. The molecule has 0 bridgehead atoms. The van der Waals surface area contributed by atoms with Crippen molar-refractivity contribution >= 4 is 5.69 Å². The Labute approximate surface area is 120 Å². The number of nitrogens with zero attached hydrogens (tertiary/aromatic N) is 1. The Morgan fingerprint density at radius 3 is 2.65 bits per heavy atom. The van der Waals surface area contributed by atoms with Crippen LogP contribution in [0, 0.1) is 0 Å². The molecule has 1 saturated heterocycles. The first kappa shape index (κ1) is 12.0. The van der Waals surface area contributed by atoms with Gasteiger partial charge < -0.3 is 10.2 Å². The maximum Gasteiger partial charge on any atom is 0.0415 e. The van der Waals surface area contributed by atoms with E-state index in [1.807, 2.05) is 0 Å². The average Bonchev–Trinajstić information content (AvgIpc) is 2.47. The lowest BCUT2D eigenvalue weighted by atomic mass is 9.89. The van der Waals surface area contributed by atoms with Crippen molar-refractivity contribution < 1.29 is 0 Å². The minimum absolute atomic E-state index is 0.698. The molecule has 4 rings (SSSR count). The van der Waals surface area contributed by atoms with Gasteiger partial charge in [0.2, 0.25) is 0 Å². The van der Waals surface area contributed by atoms with Gasteiger partial charge in [0.05, 0.1) is 0 Å². The lowest BCUT2D eigenvalue weighted by molar-refractivity contribution is 0.520. The molecule has 20 heavy (non-hydrogen) atoms. The molecule has 0 atom stereocenters. The van der Waals surface area contributed by atoms with E-state index in [0.29, 0.717) is 5.92 Å². The summed E-state index contributed by atoms with van der Waals surface area (Å²) in [5.74, 6) is 0.698. The van der Waals surface area contributed by atoms with Gasteiger partial charge in [-0.05, 0) is 35.7 Å². The Balaban J connectivity index is 1.54. The van der Waals surface area contributed by atoms with E-state index in [0.717, 1.165) is 26.2 Å². The first-order valence-corrected chi connectivity index (χ1v) is 7.53. The third kappa shape index (κ3) is 2.01. The van der Waals surface area contributed by atoms with Crippen molar-refractivity contribution in [3.8, 4) is 0 Å². The lowest BCUT2D eigenvalue weighted by Crippen LogP contribution is -2.46. The van der Waals surface area contributed by atoms with Gasteiger partial charge >= 0.3 is 0 Å². The Bertz CT molecular complexity index is 600. The summed E-state index contributed by atoms with van der Waals surface area (Å²) >= 11 is 0. The molecule has 2 aliphatic heterocycles. The van der Waals surface area contributed by atoms with Crippen LogP contribution in [0.25, 0.3) is 0 Å². The van der Waals surface area contributed by atoms with Crippen LogP contribution in [-0.4, -0.2) is 19.6 Å². The van der Waals surface area contributed by atoms with Crippen LogP contribution in [0.1, 0.15) is 22.6 Å². The molecule has 0 aliphatic carbocycles. The summed E-state index contributed by atoms with van der Waals surface area (Å²) in [6, 6.07) is 17.7. The van der Waals surface area contributed by atoms with Crippen molar-refractivity contribution in [2.75, 3.05) is 24.5 Å². The van der Waals surface area contributed by atoms with Crippen LogP contribution >= 0.6 is 0 Å². The summed E-state index contributed by atoms with van der Waals surface area (Å²) < 4.78 is 0. The average molecular weight is 264 g/mol. The summed E-state index contributed by atoms with van der Waals surface area (Å²) in [6.07, 6.45) is 1.17. The Kier molecular flexibility index (Phi) is 2.96. The molecule has 2 heterocycles. The molecular formula is C18H20N2. The first-order valence-electron chi connectivity index (χ1n) is 7.53. The molecule has 0 amide bonds. The fraction of sp³-hybridized carbons (Fsp3) is 0.333. The molecular weight excluding hydrogens is 244 g/mol. The van der Waals surface area contributed by atoms with E-state index in [1.165, 1.54) is 28.8 Å². The van der Waals surface area contributed by atoms with Crippen LogP contribution in [0.4, 0.5) is 5.69 Å². The molecule has 2 nitrogen and oxygen atoms in total. The van der Waals surface area contributed by atoms with Crippen LogP contribution < -0.4 is 10.2 Å². The van der Waals surface area contributed by atoms with Gasteiger partial charge in [-0.15, -0.1) is 0 Å². The SMILES string of the molecule is c1ccc(C2CN(c3cccc4c3CNCC4)C2)cc1. The van der Waals surface area contributed by atoms with Crippen molar-refractivity contribution in [3.63, 3.8) is 0 Å². The van der Waals surface area contributed by atoms with E-state index in [4.69, 9.17) is 0 Å². The van der Waals surface area contributed by atoms with Crippen molar-refractivity contribution in [3.05, 3.63) is 65.2 Å². The summed E-state index contributed by atoms with van der Waals surface area (Å²) in [6.45, 7) is 4.45. The van der Waals surface area contributed by atoms with E-state index in [-0.39, 0.29) is 0 Å². The third-order valence-corrected chi connectivity index (χ3v) is 4.61. The van der Waals surface area contributed by atoms with Crippen LogP contribution in [0.2, 0.25) is 0 Å². The van der Waals surface area contributed by atoms with E-state index in [1.54, 1.807) is 0 Å². The normalized spacial score (nSPS) is 18.5. The fourth-order valence-corrected chi connectivity index (χ4v) is 3.40. The highest BCUT2D eigenvalue weighted by atomic mass is 15.2. The second-order valence-electron chi connectivity index (χ2n) is 5.85. The van der Waals surface area contributed by atoms with Crippen LogP contribution in [0.3, 0.4) is 0 Å². The highest BCUT2D eigenvalue weighted by Crippen LogP contribution is 2.35. The topological polar surface area (TPSA) is 15.3 Å². The van der Waals surface area contributed by atoms with E-state index >= 15 is 0 Å². The van der Waals surface area contributed by atoms with Crippen molar-refractivity contribution in [1.29, 1.82) is 0 Å². The predicted octanol–water partition coefficient (Wildman–Crippen LogP) is 2.94. The quantitative estimate of drug-likeness (QED) is 0.897. The predicted molar refractivity (Wildman–Crippen MR) is 83.2 cm³/mol. The summed E-state index contributed by atoms with van der Waals surface area (Å²) in [5, 5.41) is 3.50. The summed E-state index contributed by atoms with van der Waals surface area (Å²) in [4.78, 5) is 2.53. The number of rotatable bonds is 2. The van der Waals surface area contributed by atoms with Gasteiger partial charge in [0.15, 0.2) is 0 Å². The number of nitrogens with one attached hydrogen (secondary N) is 1. The van der Waals surface area contributed by atoms with E-state index in [2.05, 4.69) is 58.7 Å². The number of hydrogen-bond acceptors (Lipinski definition) is 2. The number of anilines is 1. The van der Waals surface area contributed by atoms with Crippen LogP contribution in [-0.2, 0) is 13.0 Å². The largest absolute Gasteiger partial charge is 0.370 e. The molecule has 1 fully saturated rings. The second-order valence-corrected chi connectivity index (χ2v) is 5.85. The van der Waals surface area contributed by atoms with Crippen molar-refractivity contribution in [2.24, 2.45) is 0 Å². The first-order chi connectivity index (χ1) is 9.92. The molecule has 0 spiro atoms. The van der Waals surface area contributed by atoms with E-state index < -0.39 is 0 Å². The number of hydrogen-bond donors (Lipinski definition) is 1. The monoisotopic (exact) mass is 264 g/mol. The van der Waals surface area contributed by atoms with Gasteiger partial charge in [-0.2, -0.15) is 0 Å². The van der Waals surface area contributed by atoms with Gasteiger partial charge in [-0.3, -0.25) is 0 Å². The van der Waals surface area contributed by atoms with Crippen LogP contribution in [0.5, 0.6) is 0 Å². The highest BCUT2D eigenvalue weighted by Gasteiger charge is 2.30.